The van der Waals surface area contributed by atoms with Crippen LogP contribution in [0.25, 0.3) is 0 Å². The van der Waals surface area contributed by atoms with E-state index in [0.717, 1.165) is 25.9 Å². The average molecular weight is 275 g/mol. The highest BCUT2D eigenvalue weighted by Gasteiger charge is 2.35. The Hall–Kier alpha value is -0.830. The quantitative estimate of drug-likeness (QED) is 0.915. The summed E-state index contributed by atoms with van der Waals surface area (Å²) in [6.07, 6.45) is 6.26. The molecule has 3 rings (SSSR count). The van der Waals surface area contributed by atoms with Crippen molar-refractivity contribution < 1.29 is 0 Å². The number of nitrogens with one attached hydrogen (secondary N) is 1. The zero-order chi connectivity index (χ0) is 14.3. The summed E-state index contributed by atoms with van der Waals surface area (Å²) >= 11 is 0. The highest BCUT2D eigenvalue weighted by atomic mass is 15.1. The first kappa shape index (κ1) is 14.1. The largest absolute Gasteiger partial charge is 0.329 e. The first-order chi connectivity index (χ1) is 9.46. The number of hydrogen-bond donors (Lipinski definition) is 1. The molecule has 1 atom stereocenters. The van der Waals surface area contributed by atoms with Crippen LogP contribution in [-0.2, 0) is 19.4 Å². The number of hydrogen-bond acceptors (Lipinski definition) is 2. The second-order valence-electron chi connectivity index (χ2n) is 7.88. The summed E-state index contributed by atoms with van der Waals surface area (Å²) in [5, 5.41) is 3.47. The van der Waals surface area contributed by atoms with Crippen LogP contribution in [-0.4, -0.2) is 16.1 Å². The van der Waals surface area contributed by atoms with E-state index in [1.165, 1.54) is 36.5 Å². The van der Waals surface area contributed by atoms with Crippen molar-refractivity contribution in [3.8, 4) is 0 Å². The molecule has 1 aromatic rings. The van der Waals surface area contributed by atoms with E-state index in [4.69, 9.17) is 4.98 Å². The fourth-order valence-corrected chi connectivity index (χ4v) is 3.95. The van der Waals surface area contributed by atoms with Crippen molar-refractivity contribution in [3.05, 3.63) is 17.2 Å². The molecule has 20 heavy (non-hydrogen) atoms. The molecule has 0 saturated heterocycles. The number of rotatable bonds is 3. The fraction of sp³-hybridized carbons (Fsp3) is 0.824. The van der Waals surface area contributed by atoms with Crippen LogP contribution < -0.4 is 5.32 Å². The lowest BCUT2D eigenvalue weighted by molar-refractivity contribution is 0.351. The summed E-state index contributed by atoms with van der Waals surface area (Å²) in [7, 11) is 0. The van der Waals surface area contributed by atoms with Gasteiger partial charge in [0.1, 0.15) is 5.82 Å². The predicted molar refractivity (Wildman–Crippen MR) is 82.8 cm³/mol. The van der Waals surface area contributed by atoms with Crippen LogP contribution in [0.15, 0.2) is 0 Å². The minimum atomic E-state index is 0.504. The van der Waals surface area contributed by atoms with Crippen LogP contribution >= 0.6 is 0 Å². The maximum absolute atomic E-state index is 4.98. The van der Waals surface area contributed by atoms with Gasteiger partial charge in [0.2, 0.25) is 0 Å². The third-order valence-electron chi connectivity index (χ3n) is 4.90. The van der Waals surface area contributed by atoms with Crippen LogP contribution in [0.4, 0.5) is 0 Å². The number of fused-ring (bicyclic) bond motifs is 1. The lowest BCUT2D eigenvalue weighted by atomic mass is 9.91. The molecule has 2 heterocycles. The van der Waals surface area contributed by atoms with Crippen molar-refractivity contribution in [2.24, 2.45) is 11.3 Å². The van der Waals surface area contributed by atoms with Gasteiger partial charge in [0, 0.05) is 37.7 Å². The Labute approximate surface area is 123 Å². The monoisotopic (exact) mass is 275 g/mol. The minimum absolute atomic E-state index is 0.504. The van der Waals surface area contributed by atoms with E-state index in [1.807, 2.05) is 0 Å². The van der Waals surface area contributed by atoms with Crippen molar-refractivity contribution in [2.75, 3.05) is 6.54 Å². The molecule has 0 radical (unpaired) electrons. The van der Waals surface area contributed by atoms with Crippen LogP contribution in [0.5, 0.6) is 0 Å². The van der Waals surface area contributed by atoms with Gasteiger partial charge in [-0.3, -0.25) is 0 Å². The van der Waals surface area contributed by atoms with Crippen molar-refractivity contribution in [1.29, 1.82) is 0 Å². The van der Waals surface area contributed by atoms with E-state index in [2.05, 4.69) is 37.6 Å². The van der Waals surface area contributed by atoms with E-state index in [1.54, 1.807) is 0 Å². The van der Waals surface area contributed by atoms with Gasteiger partial charge in [-0.2, -0.15) is 0 Å². The average Bonchev–Trinajstić information content (AvgIpc) is 2.88. The standard InChI is InChI=1S/C17H29N3/c1-12(2)9-16-19-14-11-18-8-6-15(14)20(16)13-5-7-17(3,4)10-13/h12-13,18H,5-11H2,1-4H3. The molecule has 1 N–H and O–H groups in total. The zero-order valence-electron chi connectivity index (χ0n) is 13.5. The third kappa shape index (κ3) is 2.65. The minimum Gasteiger partial charge on any atom is -0.329 e. The molecule has 2 aliphatic rings. The molecule has 0 spiro atoms. The molecule has 1 aliphatic carbocycles. The van der Waals surface area contributed by atoms with E-state index < -0.39 is 0 Å². The SMILES string of the molecule is CC(C)Cc1nc2c(n1C1CCC(C)(C)C1)CCNC2. The van der Waals surface area contributed by atoms with Crippen LogP contribution in [0.2, 0.25) is 0 Å². The molecule has 1 aliphatic heterocycles. The Balaban J connectivity index is 1.96. The Morgan fingerprint density at radius 2 is 2.20 bits per heavy atom. The molecule has 0 bridgehead atoms. The van der Waals surface area contributed by atoms with Gasteiger partial charge < -0.3 is 9.88 Å². The molecule has 1 aromatic heterocycles. The predicted octanol–water partition coefficient (Wildman–Crippen LogP) is 3.48. The van der Waals surface area contributed by atoms with Gasteiger partial charge in [0.15, 0.2) is 0 Å². The maximum atomic E-state index is 4.98. The molecule has 1 saturated carbocycles. The van der Waals surface area contributed by atoms with Crippen molar-refractivity contribution in [2.45, 2.75) is 72.4 Å². The van der Waals surface area contributed by atoms with E-state index in [9.17, 15) is 0 Å². The molecule has 3 nitrogen and oxygen atoms in total. The Morgan fingerprint density at radius 1 is 1.40 bits per heavy atom. The van der Waals surface area contributed by atoms with E-state index in [0.29, 0.717) is 17.4 Å². The summed E-state index contributed by atoms with van der Waals surface area (Å²) in [6.45, 7) is 11.5. The highest BCUT2D eigenvalue weighted by Crippen LogP contribution is 2.45. The molecule has 1 fully saturated rings. The van der Waals surface area contributed by atoms with E-state index >= 15 is 0 Å². The van der Waals surface area contributed by atoms with Crippen LogP contribution in [0, 0.1) is 11.3 Å². The summed E-state index contributed by atoms with van der Waals surface area (Å²) in [5.41, 5.74) is 3.35. The second-order valence-corrected chi connectivity index (χ2v) is 7.88. The van der Waals surface area contributed by atoms with Crippen LogP contribution in [0.3, 0.4) is 0 Å². The molecule has 112 valence electrons. The van der Waals surface area contributed by atoms with E-state index in [-0.39, 0.29) is 0 Å². The summed E-state index contributed by atoms with van der Waals surface area (Å²) in [5.74, 6) is 2.02. The Morgan fingerprint density at radius 3 is 2.85 bits per heavy atom. The van der Waals surface area contributed by atoms with Gasteiger partial charge in [-0.05, 0) is 30.6 Å². The van der Waals surface area contributed by atoms with Gasteiger partial charge in [-0.1, -0.05) is 27.7 Å². The topological polar surface area (TPSA) is 29.9 Å². The summed E-state index contributed by atoms with van der Waals surface area (Å²) < 4.78 is 2.64. The molecule has 1 unspecified atom stereocenters. The summed E-state index contributed by atoms with van der Waals surface area (Å²) in [6, 6.07) is 0.688. The van der Waals surface area contributed by atoms with Gasteiger partial charge in [-0.25, -0.2) is 4.98 Å². The third-order valence-corrected chi connectivity index (χ3v) is 4.90. The second kappa shape index (κ2) is 5.18. The maximum Gasteiger partial charge on any atom is 0.109 e. The Bertz CT molecular complexity index is 485. The van der Waals surface area contributed by atoms with Gasteiger partial charge in [-0.15, -0.1) is 0 Å². The van der Waals surface area contributed by atoms with Gasteiger partial charge in [0.05, 0.1) is 5.69 Å². The van der Waals surface area contributed by atoms with Gasteiger partial charge >= 0.3 is 0 Å². The van der Waals surface area contributed by atoms with Crippen molar-refractivity contribution >= 4 is 0 Å². The first-order valence-corrected chi connectivity index (χ1v) is 8.26. The van der Waals surface area contributed by atoms with Gasteiger partial charge in [0.25, 0.3) is 0 Å². The number of imidazole rings is 1. The zero-order valence-corrected chi connectivity index (χ0v) is 13.5. The number of aromatic nitrogens is 2. The normalized spacial score (nSPS) is 25.1. The molecular formula is C17H29N3. The molecular weight excluding hydrogens is 246 g/mol. The van der Waals surface area contributed by atoms with Crippen LogP contribution in [0.1, 0.15) is 70.2 Å². The lowest BCUT2D eigenvalue weighted by Crippen LogP contribution is -2.26. The molecule has 0 aromatic carbocycles. The molecule has 3 heteroatoms. The Kier molecular flexibility index (Phi) is 3.65. The first-order valence-electron chi connectivity index (χ1n) is 8.26. The highest BCUT2D eigenvalue weighted by molar-refractivity contribution is 5.22. The molecule has 0 amide bonds. The van der Waals surface area contributed by atoms with Crippen molar-refractivity contribution in [1.82, 2.24) is 14.9 Å². The smallest absolute Gasteiger partial charge is 0.109 e. The summed E-state index contributed by atoms with van der Waals surface area (Å²) in [4.78, 5) is 4.98. The number of nitrogens with zero attached hydrogens (tertiary/aromatic N) is 2. The lowest BCUT2D eigenvalue weighted by Gasteiger charge is -2.23. The van der Waals surface area contributed by atoms with Crippen molar-refractivity contribution in [3.63, 3.8) is 0 Å². The fourth-order valence-electron chi connectivity index (χ4n) is 3.95.